The number of ether oxygens (including phenoxy) is 1. The minimum Gasteiger partial charge on any atom is -0.481 e. The van der Waals surface area contributed by atoms with E-state index in [2.05, 4.69) is 34.4 Å². The molecule has 6 rings (SSSR count). The van der Waals surface area contributed by atoms with Gasteiger partial charge in [0, 0.05) is 42.3 Å². The number of halogens is 1. The number of aliphatic carboxylic acids is 1. The van der Waals surface area contributed by atoms with Crippen LogP contribution in [0.3, 0.4) is 0 Å². The molecule has 4 heterocycles. The van der Waals surface area contributed by atoms with E-state index in [0.29, 0.717) is 35.9 Å². The number of fused-ring (bicyclic) bond motifs is 1. The van der Waals surface area contributed by atoms with Crippen molar-refractivity contribution < 1.29 is 14.6 Å². The number of carbonyl (C=O) groups is 1. The SMILES string of the molecule is CN1Cc2cc(Nc3ncc(Cl)c(N4CC(C)(CC(=O)O)c5ccccc54)n3)cc3c2C(COC3)C1. The molecule has 2 N–H and O–H groups in total. The minimum absolute atomic E-state index is 0.0176. The molecule has 2 aromatic carbocycles. The molecule has 3 aromatic rings. The predicted molar refractivity (Wildman–Crippen MR) is 139 cm³/mol. The quantitative estimate of drug-likeness (QED) is 0.510. The number of carboxylic acids is 1. The number of benzene rings is 2. The van der Waals surface area contributed by atoms with E-state index >= 15 is 0 Å². The van der Waals surface area contributed by atoms with Gasteiger partial charge >= 0.3 is 5.97 Å². The Hall–Kier alpha value is -3.20. The molecule has 0 spiro atoms. The molecule has 0 saturated carbocycles. The van der Waals surface area contributed by atoms with Gasteiger partial charge in [-0.2, -0.15) is 4.98 Å². The van der Waals surface area contributed by atoms with Crippen molar-refractivity contribution in [1.82, 2.24) is 14.9 Å². The zero-order valence-electron chi connectivity index (χ0n) is 20.3. The van der Waals surface area contributed by atoms with E-state index in [-0.39, 0.29) is 6.42 Å². The van der Waals surface area contributed by atoms with Crippen LogP contribution in [0.5, 0.6) is 0 Å². The molecular weight excluding hydrogens is 478 g/mol. The number of hydrogen-bond donors (Lipinski definition) is 2. The Morgan fingerprint density at radius 1 is 1.31 bits per heavy atom. The topological polar surface area (TPSA) is 90.8 Å². The highest BCUT2D eigenvalue weighted by Crippen LogP contribution is 2.47. The van der Waals surface area contributed by atoms with Gasteiger partial charge in [0.1, 0.15) is 5.02 Å². The molecule has 2 atom stereocenters. The van der Waals surface area contributed by atoms with Crippen molar-refractivity contribution in [2.45, 2.75) is 37.8 Å². The van der Waals surface area contributed by atoms with Crippen LogP contribution >= 0.6 is 11.6 Å². The molecule has 36 heavy (non-hydrogen) atoms. The number of nitrogens with one attached hydrogen (secondary N) is 1. The fraction of sp³-hybridized carbons (Fsp3) is 0.370. The Bertz CT molecular complexity index is 1370. The van der Waals surface area contributed by atoms with E-state index in [1.165, 1.54) is 16.7 Å². The fourth-order valence-electron chi connectivity index (χ4n) is 6.04. The van der Waals surface area contributed by atoms with Gasteiger partial charge in [-0.25, -0.2) is 4.98 Å². The van der Waals surface area contributed by atoms with Crippen molar-refractivity contribution in [3.05, 3.63) is 69.9 Å². The lowest BCUT2D eigenvalue weighted by Gasteiger charge is -2.37. The van der Waals surface area contributed by atoms with E-state index in [4.69, 9.17) is 21.3 Å². The molecule has 2 unspecified atom stereocenters. The zero-order valence-corrected chi connectivity index (χ0v) is 21.0. The van der Waals surface area contributed by atoms with E-state index in [9.17, 15) is 9.90 Å². The first-order valence-corrected chi connectivity index (χ1v) is 12.5. The van der Waals surface area contributed by atoms with Gasteiger partial charge in [-0.1, -0.05) is 36.7 Å². The molecule has 0 radical (unpaired) electrons. The van der Waals surface area contributed by atoms with E-state index in [0.717, 1.165) is 36.6 Å². The van der Waals surface area contributed by atoms with Gasteiger partial charge < -0.3 is 25.0 Å². The smallest absolute Gasteiger partial charge is 0.304 e. The van der Waals surface area contributed by atoms with Crippen LogP contribution in [0, 0.1) is 0 Å². The number of likely N-dealkylation sites (N-methyl/N-ethyl adjacent to an activating group) is 1. The van der Waals surface area contributed by atoms with Gasteiger partial charge in [0.15, 0.2) is 5.82 Å². The summed E-state index contributed by atoms with van der Waals surface area (Å²) in [4.78, 5) is 25.2. The number of hydrogen-bond acceptors (Lipinski definition) is 7. The maximum Gasteiger partial charge on any atom is 0.304 e. The standard InChI is InChI=1S/C27H28ClN5O3/c1-27(9-23(34)35)15-33(22-6-4-3-5-20(22)27)25-21(28)10-29-26(31-25)30-19-7-16-11-32(2)12-18-14-36-13-17(8-19)24(16)18/h3-8,10,18H,9,11-15H2,1-2H3,(H,34,35)(H,29,30,31). The Labute approximate surface area is 214 Å². The number of aromatic nitrogens is 2. The first kappa shape index (κ1) is 23.2. The highest BCUT2D eigenvalue weighted by molar-refractivity contribution is 6.33. The Kier molecular flexibility index (Phi) is 5.63. The molecule has 0 bridgehead atoms. The van der Waals surface area contributed by atoms with Crippen LogP contribution in [-0.4, -0.2) is 52.7 Å². The number of para-hydroxylation sites is 1. The van der Waals surface area contributed by atoms with Crippen molar-refractivity contribution in [3.63, 3.8) is 0 Å². The van der Waals surface area contributed by atoms with Gasteiger partial charge in [-0.05, 0) is 47.5 Å². The normalized spacial score (nSPS) is 22.8. The summed E-state index contributed by atoms with van der Waals surface area (Å²) in [6.07, 6.45) is 1.61. The molecule has 3 aliphatic heterocycles. The Morgan fingerprint density at radius 2 is 2.11 bits per heavy atom. The first-order chi connectivity index (χ1) is 17.3. The summed E-state index contributed by atoms with van der Waals surface area (Å²) in [5, 5.41) is 13.3. The predicted octanol–water partition coefficient (Wildman–Crippen LogP) is 4.82. The highest BCUT2D eigenvalue weighted by Gasteiger charge is 2.42. The lowest BCUT2D eigenvalue weighted by molar-refractivity contribution is -0.138. The molecule has 0 aliphatic carbocycles. The molecule has 9 heteroatoms. The van der Waals surface area contributed by atoms with Crippen molar-refractivity contribution in [3.8, 4) is 0 Å². The van der Waals surface area contributed by atoms with Crippen molar-refractivity contribution in [1.29, 1.82) is 0 Å². The van der Waals surface area contributed by atoms with Crippen LogP contribution < -0.4 is 10.2 Å². The third-order valence-electron chi connectivity index (χ3n) is 7.44. The minimum atomic E-state index is -0.835. The average molecular weight is 506 g/mol. The number of rotatable bonds is 5. The number of anilines is 4. The summed E-state index contributed by atoms with van der Waals surface area (Å²) < 4.78 is 5.87. The van der Waals surface area contributed by atoms with Crippen LogP contribution in [-0.2, 0) is 28.1 Å². The van der Waals surface area contributed by atoms with Gasteiger partial charge in [0.2, 0.25) is 5.95 Å². The molecule has 0 amide bonds. The van der Waals surface area contributed by atoms with Gasteiger partial charge in [0.25, 0.3) is 0 Å². The summed E-state index contributed by atoms with van der Waals surface area (Å²) in [7, 11) is 2.14. The first-order valence-electron chi connectivity index (χ1n) is 12.1. The lowest BCUT2D eigenvalue weighted by atomic mass is 9.81. The van der Waals surface area contributed by atoms with Gasteiger partial charge in [0.05, 0.1) is 25.8 Å². The van der Waals surface area contributed by atoms with E-state index in [1.807, 2.05) is 36.1 Å². The Balaban J connectivity index is 1.34. The van der Waals surface area contributed by atoms with E-state index < -0.39 is 11.4 Å². The van der Waals surface area contributed by atoms with Gasteiger partial charge in [-0.3, -0.25) is 4.79 Å². The summed E-state index contributed by atoms with van der Waals surface area (Å²) in [5.74, 6) is 0.560. The monoisotopic (exact) mass is 505 g/mol. The van der Waals surface area contributed by atoms with E-state index in [1.54, 1.807) is 6.20 Å². The van der Waals surface area contributed by atoms with Crippen LogP contribution in [0.2, 0.25) is 5.02 Å². The van der Waals surface area contributed by atoms with Crippen LogP contribution in [0.4, 0.5) is 23.1 Å². The summed E-state index contributed by atoms with van der Waals surface area (Å²) >= 11 is 6.59. The molecule has 1 aromatic heterocycles. The fourth-order valence-corrected chi connectivity index (χ4v) is 6.24. The molecule has 3 aliphatic rings. The summed E-state index contributed by atoms with van der Waals surface area (Å²) in [5.41, 5.74) is 6.19. The van der Waals surface area contributed by atoms with Crippen molar-refractivity contribution in [2.75, 3.05) is 37.0 Å². The van der Waals surface area contributed by atoms with Crippen molar-refractivity contribution in [2.24, 2.45) is 0 Å². The van der Waals surface area contributed by atoms with Crippen LogP contribution in [0.25, 0.3) is 0 Å². The van der Waals surface area contributed by atoms with Crippen LogP contribution in [0.1, 0.15) is 41.5 Å². The molecule has 186 valence electrons. The second-order valence-corrected chi connectivity index (χ2v) is 10.7. The Morgan fingerprint density at radius 3 is 2.94 bits per heavy atom. The highest BCUT2D eigenvalue weighted by atomic mass is 35.5. The van der Waals surface area contributed by atoms with Gasteiger partial charge in [-0.15, -0.1) is 0 Å². The lowest BCUT2D eigenvalue weighted by Crippen LogP contribution is -2.35. The average Bonchev–Trinajstić information content (AvgIpc) is 3.12. The largest absolute Gasteiger partial charge is 0.481 e. The second-order valence-electron chi connectivity index (χ2n) is 10.3. The molecule has 0 saturated heterocycles. The number of nitrogens with zero attached hydrogens (tertiary/aromatic N) is 4. The molecule has 0 fully saturated rings. The molecular formula is C27H28ClN5O3. The maximum absolute atomic E-state index is 11.6. The zero-order chi connectivity index (χ0) is 25.0. The number of carboxylic acid groups (broad SMARTS) is 1. The second kappa shape index (κ2) is 8.73. The summed E-state index contributed by atoms with van der Waals surface area (Å²) in [6.45, 7) is 5.71. The maximum atomic E-state index is 11.6. The molecule has 8 nitrogen and oxygen atoms in total. The third-order valence-corrected chi connectivity index (χ3v) is 7.71. The summed E-state index contributed by atoms with van der Waals surface area (Å²) in [6, 6.07) is 12.2. The van der Waals surface area contributed by atoms with Crippen molar-refractivity contribution >= 4 is 40.7 Å². The third kappa shape index (κ3) is 3.99. The van der Waals surface area contributed by atoms with Crippen LogP contribution in [0.15, 0.2) is 42.6 Å².